The minimum atomic E-state index is -0.922. The van der Waals surface area contributed by atoms with Gasteiger partial charge in [0.05, 0.1) is 21.3 Å². The topological polar surface area (TPSA) is 137 Å². The van der Waals surface area contributed by atoms with Crippen molar-refractivity contribution in [1.29, 1.82) is 0 Å². The number of carbonyl (C=O) groups excluding carboxylic acids is 3. The molecule has 0 saturated carbocycles. The molecule has 11 heteroatoms. The van der Waals surface area contributed by atoms with Gasteiger partial charge in [-0.05, 0) is 98.3 Å². The molecule has 0 unspecified atom stereocenters. The van der Waals surface area contributed by atoms with E-state index in [1.54, 1.807) is 39.0 Å². The van der Waals surface area contributed by atoms with Crippen molar-refractivity contribution < 1.29 is 33.3 Å². The zero-order valence-electron chi connectivity index (χ0n) is 27.9. The number of aryl methyl sites for hydroxylation is 1. The number of ether oxygens (including phenoxy) is 4. The normalized spacial score (nSPS) is 11.9. The van der Waals surface area contributed by atoms with E-state index in [2.05, 4.69) is 33.1 Å². The molecule has 0 saturated heterocycles. The lowest BCUT2D eigenvalue weighted by atomic mass is 10.0. The third-order valence-corrected chi connectivity index (χ3v) is 7.56. The molecule has 48 heavy (non-hydrogen) atoms. The van der Waals surface area contributed by atoms with Crippen molar-refractivity contribution in [1.82, 2.24) is 5.32 Å². The molecule has 1 aliphatic carbocycles. The molecule has 0 aliphatic heterocycles. The fourth-order valence-electron chi connectivity index (χ4n) is 5.31. The monoisotopic (exact) mass is 650 g/mol. The van der Waals surface area contributed by atoms with Crippen LogP contribution in [0.5, 0.6) is 17.2 Å². The third kappa shape index (κ3) is 7.58. The summed E-state index contributed by atoms with van der Waals surface area (Å²) in [5.74, 6) is -0.241. The Bertz CT molecular complexity index is 1900. The Morgan fingerprint density at radius 3 is 2.08 bits per heavy atom. The van der Waals surface area contributed by atoms with Gasteiger partial charge < -0.3 is 29.6 Å². The van der Waals surface area contributed by atoms with Crippen LogP contribution in [0.15, 0.2) is 77.8 Å². The second-order valence-corrected chi connectivity index (χ2v) is 12.1. The number of hydrogen-bond acceptors (Lipinski definition) is 7. The van der Waals surface area contributed by atoms with Crippen LogP contribution >= 0.6 is 0 Å². The van der Waals surface area contributed by atoms with Gasteiger partial charge in [0, 0.05) is 22.5 Å². The van der Waals surface area contributed by atoms with Crippen LogP contribution in [0, 0.1) is 6.92 Å². The van der Waals surface area contributed by atoms with Gasteiger partial charge in [-0.3, -0.25) is 14.9 Å². The summed E-state index contributed by atoms with van der Waals surface area (Å²) in [5.41, 5.74) is 6.28. The number of guanidine groups is 1. The first-order chi connectivity index (χ1) is 22.9. The molecule has 3 N–H and O–H groups in total. The largest absolute Gasteiger partial charge is 0.493 e. The lowest BCUT2D eigenvalue weighted by Crippen LogP contribution is -2.37. The van der Waals surface area contributed by atoms with Crippen LogP contribution in [0.25, 0.3) is 11.1 Å². The van der Waals surface area contributed by atoms with Crippen molar-refractivity contribution in [2.24, 2.45) is 4.99 Å². The van der Waals surface area contributed by atoms with Crippen molar-refractivity contribution in [2.45, 2.75) is 39.7 Å². The first-order valence-electron chi connectivity index (χ1n) is 15.2. The van der Waals surface area contributed by atoms with Gasteiger partial charge in [-0.15, -0.1) is 4.99 Å². The molecule has 1 aliphatic rings. The van der Waals surface area contributed by atoms with E-state index in [1.165, 1.54) is 44.6 Å². The summed E-state index contributed by atoms with van der Waals surface area (Å²) < 4.78 is 21.5. The maximum atomic E-state index is 13.4. The Morgan fingerprint density at radius 2 is 1.42 bits per heavy atom. The summed E-state index contributed by atoms with van der Waals surface area (Å²) in [6.07, 6.45) is -0.151. The highest BCUT2D eigenvalue weighted by Gasteiger charge is 2.22. The summed E-state index contributed by atoms with van der Waals surface area (Å²) in [6, 6.07) is 22.1. The molecule has 11 nitrogen and oxygen atoms in total. The number of rotatable bonds is 7. The van der Waals surface area contributed by atoms with E-state index >= 15 is 0 Å². The van der Waals surface area contributed by atoms with E-state index in [4.69, 9.17) is 18.9 Å². The molecule has 3 amide bonds. The van der Waals surface area contributed by atoms with Gasteiger partial charge in [0.15, 0.2) is 11.5 Å². The molecule has 0 aromatic heterocycles. The number of benzene rings is 4. The Kier molecular flexibility index (Phi) is 9.69. The fourth-order valence-corrected chi connectivity index (χ4v) is 5.31. The van der Waals surface area contributed by atoms with Crippen LogP contribution in [0.4, 0.5) is 16.2 Å². The molecular weight excluding hydrogens is 612 g/mol. The SMILES string of the molecule is COc1cc(C(=O)N/C(=N\C(=O)OC(C)(C)C)Nc2ccc(C)c(NC(=O)c3ccc4c(c3)Cc3ccccc3-4)c2)cc(OC)c1OC. The smallest absolute Gasteiger partial charge is 0.437 e. The molecule has 4 aromatic carbocycles. The van der Waals surface area contributed by atoms with E-state index in [-0.39, 0.29) is 28.9 Å². The maximum Gasteiger partial charge on any atom is 0.437 e. The first kappa shape index (κ1) is 33.5. The van der Waals surface area contributed by atoms with Crippen LogP contribution < -0.4 is 30.2 Å². The number of methoxy groups -OCH3 is 3. The lowest BCUT2D eigenvalue weighted by Gasteiger charge is -2.19. The number of aliphatic imine (C=N–C) groups is 1. The van der Waals surface area contributed by atoms with Crippen LogP contribution in [0.3, 0.4) is 0 Å². The molecule has 248 valence electrons. The van der Waals surface area contributed by atoms with Crippen molar-refractivity contribution >= 4 is 35.2 Å². The standard InChI is InChI=1S/C37H38N4O7/c1-21-12-14-26(20-29(21)39-33(42)23-13-15-28-24(17-23)16-22-10-8-9-11-27(22)28)38-35(41-36(44)48-37(2,3)4)40-34(43)25-18-30(45-5)32(47-7)31(19-25)46-6/h8-15,17-20H,16H2,1-7H3,(H,39,42)(H2,38,40,41,43,44). The van der Waals surface area contributed by atoms with Crippen molar-refractivity contribution in [3.63, 3.8) is 0 Å². The molecule has 0 fully saturated rings. The summed E-state index contributed by atoms with van der Waals surface area (Å²) in [7, 11) is 4.33. The Balaban J connectivity index is 1.38. The van der Waals surface area contributed by atoms with Gasteiger partial charge in [-0.25, -0.2) is 4.79 Å². The molecule has 0 spiro atoms. The van der Waals surface area contributed by atoms with E-state index in [0.717, 1.165) is 23.1 Å². The van der Waals surface area contributed by atoms with Gasteiger partial charge in [0.1, 0.15) is 5.60 Å². The molecule has 0 radical (unpaired) electrons. The summed E-state index contributed by atoms with van der Waals surface area (Å²) in [5, 5.41) is 8.60. The molecule has 4 aromatic rings. The van der Waals surface area contributed by atoms with Gasteiger partial charge >= 0.3 is 6.09 Å². The average Bonchev–Trinajstić information content (AvgIpc) is 3.42. The number of anilines is 2. The Hall–Kier alpha value is -5.84. The van der Waals surface area contributed by atoms with Crippen molar-refractivity contribution in [3.05, 3.63) is 101 Å². The van der Waals surface area contributed by atoms with Crippen LogP contribution in [-0.2, 0) is 11.2 Å². The fraction of sp³-hybridized carbons (Fsp3) is 0.243. The first-order valence-corrected chi connectivity index (χ1v) is 15.2. The maximum absolute atomic E-state index is 13.4. The number of amides is 3. The van der Waals surface area contributed by atoms with Gasteiger partial charge in [0.2, 0.25) is 11.7 Å². The number of nitrogens with one attached hydrogen (secondary N) is 3. The summed E-state index contributed by atoms with van der Waals surface area (Å²) in [4.78, 5) is 43.5. The highest BCUT2D eigenvalue weighted by atomic mass is 16.6. The van der Waals surface area contributed by atoms with E-state index in [0.29, 0.717) is 22.7 Å². The van der Waals surface area contributed by atoms with Gasteiger partial charge in [-0.1, -0.05) is 36.4 Å². The van der Waals surface area contributed by atoms with E-state index < -0.39 is 17.6 Å². The minimum absolute atomic E-state index is 0.150. The van der Waals surface area contributed by atoms with Crippen LogP contribution in [0.1, 0.15) is 58.2 Å². The molecular formula is C37H38N4O7. The van der Waals surface area contributed by atoms with Gasteiger partial charge in [0.25, 0.3) is 11.8 Å². The predicted molar refractivity (Wildman–Crippen MR) is 185 cm³/mol. The van der Waals surface area contributed by atoms with Crippen LogP contribution in [0.2, 0.25) is 0 Å². The second kappa shape index (κ2) is 13.9. The Labute approximate surface area is 279 Å². The molecule has 0 atom stereocenters. The molecule has 5 rings (SSSR count). The van der Waals surface area contributed by atoms with Crippen LogP contribution in [-0.4, -0.2) is 50.8 Å². The number of nitrogens with zero attached hydrogens (tertiary/aromatic N) is 1. The summed E-state index contributed by atoms with van der Waals surface area (Å²) in [6.45, 7) is 6.98. The third-order valence-electron chi connectivity index (χ3n) is 7.56. The van der Waals surface area contributed by atoms with Crippen molar-refractivity contribution in [2.75, 3.05) is 32.0 Å². The quantitative estimate of drug-likeness (QED) is 0.127. The molecule has 0 bridgehead atoms. The number of carbonyl (C=O) groups is 3. The second-order valence-electron chi connectivity index (χ2n) is 12.1. The number of fused-ring (bicyclic) bond motifs is 3. The zero-order valence-corrected chi connectivity index (χ0v) is 27.9. The average molecular weight is 651 g/mol. The minimum Gasteiger partial charge on any atom is -0.493 e. The van der Waals surface area contributed by atoms with Gasteiger partial charge in [-0.2, -0.15) is 0 Å². The number of hydrogen-bond donors (Lipinski definition) is 3. The Morgan fingerprint density at radius 1 is 0.729 bits per heavy atom. The lowest BCUT2D eigenvalue weighted by molar-refractivity contribution is 0.0603. The highest BCUT2D eigenvalue weighted by molar-refractivity contribution is 6.13. The summed E-state index contributed by atoms with van der Waals surface area (Å²) >= 11 is 0. The zero-order chi connectivity index (χ0) is 34.6. The predicted octanol–water partition coefficient (Wildman–Crippen LogP) is 6.98. The van der Waals surface area contributed by atoms with Crippen molar-refractivity contribution in [3.8, 4) is 28.4 Å². The van der Waals surface area contributed by atoms with E-state index in [1.807, 2.05) is 37.3 Å². The molecule has 0 heterocycles. The highest BCUT2D eigenvalue weighted by Crippen LogP contribution is 2.39. The van der Waals surface area contributed by atoms with E-state index in [9.17, 15) is 14.4 Å².